The van der Waals surface area contributed by atoms with E-state index in [-0.39, 0.29) is 11.7 Å². The molecule has 0 bridgehead atoms. The standard InChI is InChI=1S/C25H29N3O2S/c1-16-6-4-7-21(12-16)26-25(31)28(15-22-8-5-11-30-22)14-20-13-19-10-9-17(2)18(3)23(19)27-24(20)29/h4,6-7,9-10,12-13,22H,5,8,11,14-15H2,1-3H3,(H,26,31)(H,27,29). The number of benzene rings is 2. The van der Waals surface area contributed by atoms with Crippen molar-refractivity contribution in [2.24, 2.45) is 0 Å². The molecule has 0 saturated carbocycles. The second-order valence-corrected chi connectivity index (χ2v) is 8.80. The zero-order valence-electron chi connectivity index (χ0n) is 18.3. The van der Waals surface area contributed by atoms with Gasteiger partial charge >= 0.3 is 0 Å². The van der Waals surface area contributed by atoms with Crippen LogP contribution in [0.5, 0.6) is 0 Å². The Bertz CT molecular complexity index is 1170. The Kier molecular flexibility index (Phi) is 6.39. The fraction of sp³-hybridized carbons (Fsp3) is 0.360. The second kappa shape index (κ2) is 9.20. The number of fused-ring (bicyclic) bond motifs is 1. The van der Waals surface area contributed by atoms with E-state index in [4.69, 9.17) is 17.0 Å². The van der Waals surface area contributed by atoms with Crippen LogP contribution in [0.2, 0.25) is 0 Å². The molecular formula is C25H29N3O2S. The molecule has 0 radical (unpaired) electrons. The number of pyridine rings is 1. The topological polar surface area (TPSA) is 57.4 Å². The Morgan fingerprint density at radius 1 is 1.23 bits per heavy atom. The first-order valence-electron chi connectivity index (χ1n) is 10.8. The van der Waals surface area contributed by atoms with Gasteiger partial charge in [-0.3, -0.25) is 4.79 Å². The lowest BCUT2D eigenvalue weighted by atomic mass is 10.0. The van der Waals surface area contributed by atoms with Crippen molar-refractivity contribution in [2.45, 2.75) is 46.3 Å². The number of hydrogen-bond acceptors (Lipinski definition) is 3. The molecule has 1 unspecified atom stereocenters. The maximum Gasteiger partial charge on any atom is 0.253 e. The van der Waals surface area contributed by atoms with Crippen LogP contribution in [0, 0.1) is 20.8 Å². The minimum Gasteiger partial charge on any atom is -0.376 e. The highest BCUT2D eigenvalue weighted by molar-refractivity contribution is 7.80. The first-order chi connectivity index (χ1) is 14.9. The largest absolute Gasteiger partial charge is 0.376 e. The van der Waals surface area contributed by atoms with Crippen molar-refractivity contribution in [1.29, 1.82) is 0 Å². The van der Waals surface area contributed by atoms with E-state index >= 15 is 0 Å². The molecule has 0 amide bonds. The molecule has 0 aliphatic carbocycles. The van der Waals surface area contributed by atoms with E-state index < -0.39 is 0 Å². The number of nitrogens with zero attached hydrogens (tertiary/aromatic N) is 1. The molecule has 1 saturated heterocycles. The Labute approximate surface area is 188 Å². The summed E-state index contributed by atoms with van der Waals surface area (Å²) in [6.45, 7) is 8.01. The fourth-order valence-corrected chi connectivity index (χ4v) is 4.33. The summed E-state index contributed by atoms with van der Waals surface area (Å²) in [5.74, 6) is 0. The number of hydrogen-bond donors (Lipinski definition) is 2. The number of aryl methyl sites for hydroxylation is 3. The molecule has 162 valence electrons. The zero-order chi connectivity index (χ0) is 22.0. The summed E-state index contributed by atoms with van der Waals surface area (Å²) in [5.41, 5.74) is 5.91. The third-order valence-electron chi connectivity index (χ3n) is 5.99. The highest BCUT2D eigenvalue weighted by Crippen LogP contribution is 2.21. The van der Waals surface area contributed by atoms with Crippen LogP contribution in [0.1, 0.15) is 35.1 Å². The lowest BCUT2D eigenvalue weighted by Crippen LogP contribution is -2.40. The van der Waals surface area contributed by atoms with Crippen molar-refractivity contribution in [3.8, 4) is 0 Å². The fourth-order valence-electron chi connectivity index (χ4n) is 4.07. The highest BCUT2D eigenvalue weighted by atomic mass is 32.1. The summed E-state index contributed by atoms with van der Waals surface area (Å²) in [6.07, 6.45) is 2.20. The summed E-state index contributed by atoms with van der Waals surface area (Å²) in [4.78, 5) is 18.0. The Morgan fingerprint density at radius 2 is 2.06 bits per heavy atom. The van der Waals surface area contributed by atoms with Crippen molar-refractivity contribution >= 4 is 33.9 Å². The molecule has 1 fully saturated rings. The summed E-state index contributed by atoms with van der Waals surface area (Å²) in [5, 5.41) is 4.97. The first kappa shape index (κ1) is 21.5. The van der Waals surface area contributed by atoms with Gasteiger partial charge in [0.25, 0.3) is 5.56 Å². The van der Waals surface area contributed by atoms with Gasteiger partial charge in [0.1, 0.15) is 0 Å². The number of aromatic nitrogens is 1. The van der Waals surface area contributed by atoms with Gasteiger partial charge < -0.3 is 19.9 Å². The number of anilines is 1. The summed E-state index contributed by atoms with van der Waals surface area (Å²) in [6, 6.07) is 14.2. The van der Waals surface area contributed by atoms with Crippen LogP contribution in [0.4, 0.5) is 5.69 Å². The van der Waals surface area contributed by atoms with Gasteiger partial charge in [-0.1, -0.05) is 24.3 Å². The molecule has 1 aliphatic heterocycles. The van der Waals surface area contributed by atoms with Gasteiger partial charge in [-0.2, -0.15) is 0 Å². The zero-order valence-corrected chi connectivity index (χ0v) is 19.1. The number of H-pyrrole nitrogens is 1. The van der Waals surface area contributed by atoms with E-state index in [1.165, 1.54) is 5.56 Å². The maximum atomic E-state index is 12.9. The van der Waals surface area contributed by atoms with Gasteiger partial charge in [0.2, 0.25) is 0 Å². The van der Waals surface area contributed by atoms with Gasteiger partial charge in [0.05, 0.1) is 18.2 Å². The van der Waals surface area contributed by atoms with Crippen LogP contribution in [-0.2, 0) is 11.3 Å². The van der Waals surface area contributed by atoms with Crippen LogP contribution < -0.4 is 10.9 Å². The average molecular weight is 436 g/mol. The predicted molar refractivity (Wildman–Crippen MR) is 131 cm³/mol. The predicted octanol–water partition coefficient (Wildman–Crippen LogP) is 4.83. The molecular weight excluding hydrogens is 406 g/mol. The maximum absolute atomic E-state index is 12.9. The minimum atomic E-state index is -0.0723. The minimum absolute atomic E-state index is 0.0723. The molecule has 1 aromatic heterocycles. The van der Waals surface area contributed by atoms with Gasteiger partial charge in [-0.05, 0) is 86.1 Å². The van der Waals surface area contributed by atoms with Gasteiger partial charge in [-0.25, -0.2) is 0 Å². The molecule has 2 heterocycles. The van der Waals surface area contributed by atoms with Gasteiger partial charge in [-0.15, -0.1) is 0 Å². The molecule has 0 spiro atoms. The third-order valence-corrected chi connectivity index (χ3v) is 6.35. The quantitative estimate of drug-likeness (QED) is 0.562. The van der Waals surface area contributed by atoms with E-state index in [0.717, 1.165) is 47.2 Å². The molecule has 31 heavy (non-hydrogen) atoms. The van der Waals surface area contributed by atoms with Crippen molar-refractivity contribution in [3.05, 3.63) is 75.1 Å². The van der Waals surface area contributed by atoms with Crippen molar-refractivity contribution in [2.75, 3.05) is 18.5 Å². The lowest BCUT2D eigenvalue weighted by molar-refractivity contribution is 0.0904. The van der Waals surface area contributed by atoms with E-state index in [0.29, 0.717) is 23.8 Å². The van der Waals surface area contributed by atoms with Crippen LogP contribution in [0.25, 0.3) is 10.9 Å². The summed E-state index contributed by atoms with van der Waals surface area (Å²) < 4.78 is 5.85. The molecule has 5 nitrogen and oxygen atoms in total. The van der Waals surface area contributed by atoms with E-state index in [9.17, 15) is 4.79 Å². The Morgan fingerprint density at radius 3 is 2.81 bits per heavy atom. The first-order valence-corrected chi connectivity index (χ1v) is 11.2. The van der Waals surface area contributed by atoms with Crippen molar-refractivity contribution in [3.63, 3.8) is 0 Å². The molecule has 4 rings (SSSR count). The molecule has 6 heteroatoms. The number of nitrogens with one attached hydrogen (secondary N) is 2. The van der Waals surface area contributed by atoms with Crippen molar-refractivity contribution in [1.82, 2.24) is 9.88 Å². The highest BCUT2D eigenvalue weighted by Gasteiger charge is 2.22. The average Bonchev–Trinajstić information content (AvgIpc) is 3.25. The number of thiocarbonyl (C=S) groups is 1. The number of aromatic amines is 1. The van der Waals surface area contributed by atoms with Crippen molar-refractivity contribution < 1.29 is 4.74 Å². The molecule has 1 aliphatic rings. The van der Waals surface area contributed by atoms with E-state index in [1.54, 1.807) is 0 Å². The van der Waals surface area contributed by atoms with Crippen LogP contribution in [0.3, 0.4) is 0 Å². The molecule has 1 atom stereocenters. The molecule has 2 aromatic carbocycles. The Balaban J connectivity index is 1.62. The number of ether oxygens (including phenoxy) is 1. The van der Waals surface area contributed by atoms with Crippen LogP contribution in [0.15, 0.2) is 47.3 Å². The monoisotopic (exact) mass is 435 g/mol. The van der Waals surface area contributed by atoms with E-state index in [1.807, 2.05) is 30.0 Å². The Hall–Kier alpha value is -2.70. The SMILES string of the molecule is Cc1cccc(NC(=S)N(Cc2cc3ccc(C)c(C)c3[nH]c2=O)CC2CCCO2)c1. The van der Waals surface area contributed by atoms with Crippen LogP contribution >= 0.6 is 12.2 Å². The van der Waals surface area contributed by atoms with Gasteiger partial charge in [0.15, 0.2) is 5.11 Å². The third kappa shape index (κ3) is 4.97. The van der Waals surface area contributed by atoms with Gasteiger partial charge in [0, 0.05) is 24.4 Å². The smallest absolute Gasteiger partial charge is 0.253 e. The number of rotatable bonds is 5. The normalized spacial score (nSPS) is 15.9. The lowest BCUT2D eigenvalue weighted by Gasteiger charge is -2.28. The van der Waals surface area contributed by atoms with E-state index in [2.05, 4.69) is 48.4 Å². The summed E-state index contributed by atoms with van der Waals surface area (Å²) >= 11 is 5.76. The molecule has 3 aromatic rings. The summed E-state index contributed by atoms with van der Waals surface area (Å²) in [7, 11) is 0. The molecule has 2 N–H and O–H groups in total. The van der Waals surface area contributed by atoms with Crippen LogP contribution in [-0.4, -0.2) is 34.3 Å². The second-order valence-electron chi connectivity index (χ2n) is 8.41.